The van der Waals surface area contributed by atoms with E-state index in [2.05, 4.69) is 4.98 Å². The van der Waals surface area contributed by atoms with E-state index in [1.165, 1.54) is 23.5 Å². The molecule has 0 N–H and O–H groups in total. The van der Waals surface area contributed by atoms with Crippen LogP contribution in [-0.2, 0) is 0 Å². The van der Waals surface area contributed by atoms with E-state index in [0.29, 0.717) is 10.9 Å². The molecule has 4 aromatic rings. The molecule has 102 valence electrons. The van der Waals surface area contributed by atoms with E-state index >= 15 is 0 Å². The minimum atomic E-state index is -0.465. The summed E-state index contributed by atoms with van der Waals surface area (Å²) in [5.74, 6) is -0.425. The maximum atomic E-state index is 13.2. The Morgan fingerprint density at radius 2 is 2.00 bits per heavy atom. The minimum absolute atomic E-state index is 0.256. The summed E-state index contributed by atoms with van der Waals surface area (Å²) in [6, 6.07) is 9.72. The van der Waals surface area contributed by atoms with Crippen LogP contribution in [0.2, 0.25) is 0 Å². The highest BCUT2D eigenvalue weighted by molar-refractivity contribution is 7.22. The molecule has 3 nitrogen and oxygen atoms in total. The van der Waals surface area contributed by atoms with E-state index < -0.39 is 11.4 Å². The van der Waals surface area contributed by atoms with Crippen molar-refractivity contribution in [3.05, 3.63) is 65.0 Å². The molecule has 0 aliphatic rings. The third-order valence-electron chi connectivity index (χ3n) is 3.28. The first-order valence-electron chi connectivity index (χ1n) is 6.28. The van der Waals surface area contributed by atoms with Gasteiger partial charge < -0.3 is 4.42 Å². The Balaban J connectivity index is 1.99. The molecule has 1 aromatic carbocycles. The van der Waals surface area contributed by atoms with Crippen LogP contribution in [0.1, 0.15) is 0 Å². The highest BCUT2D eigenvalue weighted by Crippen LogP contribution is 2.32. The molecule has 0 saturated carbocycles. The van der Waals surface area contributed by atoms with E-state index in [-0.39, 0.29) is 5.58 Å². The number of fused-ring (bicyclic) bond motifs is 2. The first kappa shape index (κ1) is 12.2. The Morgan fingerprint density at radius 1 is 1.10 bits per heavy atom. The summed E-state index contributed by atoms with van der Waals surface area (Å²) in [7, 11) is 0. The van der Waals surface area contributed by atoms with Crippen molar-refractivity contribution in [2.24, 2.45) is 0 Å². The molecule has 0 saturated heterocycles. The molecule has 3 aromatic heterocycles. The summed E-state index contributed by atoms with van der Waals surface area (Å²) in [4.78, 5) is 17.0. The van der Waals surface area contributed by atoms with Gasteiger partial charge in [0.25, 0.3) is 0 Å². The quantitative estimate of drug-likeness (QED) is 0.494. The summed E-state index contributed by atoms with van der Waals surface area (Å²) in [6.45, 7) is 0. The summed E-state index contributed by atoms with van der Waals surface area (Å²) >= 11 is 1.50. The first-order chi connectivity index (χ1) is 10.2. The number of rotatable bonds is 1. The van der Waals surface area contributed by atoms with Gasteiger partial charge in [0, 0.05) is 38.8 Å². The van der Waals surface area contributed by atoms with Gasteiger partial charge in [-0.1, -0.05) is 0 Å². The Morgan fingerprint density at radius 3 is 2.86 bits per heavy atom. The van der Waals surface area contributed by atoms with Gasteiger partial charge in [-0.2, -0.15) is 0 Å². The van der Waals surface area contributed by atoms with Gasteiger partial charge in [-0.25, -0.2) is 9.18 Å². The summed E-state index contributed by atoms with van der Waals surface area (Å²) in [6.07, 6.45) is 3.47. The summed E-state index contributed by atoms with van der Waals surface area (Å²) in [5, 5.41) is 1.68. The highest BCUT2D eigenvalue weighted by Gasteiger charge is 2.11. The van der Waals surface area contributed by atoms with Crippen LogP contribution >= 0.6 is 11.3 Å². The molecule has 0 spiro atoms. The Kier molecular flexibility index (Phi) is 2.62. The van der Waals surface area contributed by atoms with Crippen LogP contribution in [0.3, 0.4) is 0 Å². The molecule has 4 rings (SSSR count). The molecule has 0 radical (unpaired) electrons. The molecule has 21 heavy (non-hydrogen) atoms. The first-order valence-corrected chi connectivity index (χ1v) is 7.10. The molecule has 5 heteroatoms. The second-order valence-electron chi connectivity index (χ2n) is 4.65. The lowest BCUT2D eigenvalue weighted by atomic mass is 10.1. The fourth-order valence-electron chi connectivity index (χ4n) is 2.27. The maximum absolute atomic E-state index is 13.2. The van der Waals surface area contributed by atoms with E-state index in [4.69, 9.17) is 4.42 Å². The van der Waals surface area contributed by atoms with Crippen LogP contribution in [-0.4, -0.2) is 4.98 Å². The van der Waals surface area contributed by atoms with Crippen molar-refractivity contribution in [3.63, 3.8) is 0 Å². The molecule has 0 fully saturated rings. The zero-order valence-corrected chi connectivity index (χ0v) is 11.5. The van der Waals surface area contributed by atoms with E-state index in [1.54, 1.807) is 24.5 Å². The summed E-state index contributed by atoms with van der Waals surface area (Å²) in [5.41, 5.74) is 0.273. The lowest BCUT2D eigenvalue weighted by Crippen LogP contribution is -2.01. The van der Waals surface area contributed by atoms with Gasteiger partial charge in [-0.05, 0) is 30.3 Å². The van der Waals surface area contributed by atoms with Gasteiger partial charge in [0.2, 0.25) is 0 Å². The van der Waals surface area contributed by atoms with Crippen LogP contribution in [0.4, 0.5) is 4.39 Å². The molecule has 0 amide bonds. The van der Waals surface area contributed by atoms with Gasteiger partial charge in [0.05, 0.1) is 5.56 Å². The van der Waals surface area contributed by atoms with Crippen molar-refractivity contribution in [3.8, 4) is 10.4 Å². The number of hydrogen-bond acceptors (Lipinski definition) is 4. The normalized spacial score (nSPS) is 11.3. The average Bonchev–Trinajstić information content (AvgIpc) is 2.90. The third-order valence-corrected chi connectivity index (χ3v) is 4.43. The fourth-order valence-corrected chi connectivity index (χ4v) is 3.31. The van der Waals surface area contributed by atoms with Crippen molar-refractivity contribution < 1.29 is 8.81 Å². The number of hydrogen-bond donors (Lipinski definition) is 0. The SMILES string of the molecule is O=c1oc2cc(F)ccc2cc1-c1cc2cnccc2s1. The van der Waals surface area contributed by atoms with E-state index in [0.717, 1.165) is 15.0 Å². The van der Waals surface area contributed by atoms with Crippen LogP contribution in [0.5, 0.6) is 0 Å². The third kappa shape index (κ3) is 2.02. The molecule has 0 atom stereocenters. The second kappa shape index (κ2) is 4.49. The molecular weight excluding hydrogens is 289 g/mol. The van der Waals surface area contributed by atoms with Crippen molar-refractivity contribution in [2.75, 3.05) is 0 Å². The Hall–Kier alpha value is -2.53. The van der Waals surface area contributed by atoms with Crippen LogP contribution in [0.25, 0.3) is 31.5 Å². The molecule has 0 unspecified atom stereocenters. The lowest BCUT2D eigenvalue weighted by Gasteiger charge is -2.00. The molecule has 0 aliphatic carbocycles. The number of pyridine rings is 1. The monoisotopic (exact) mass is 297 g/mol. The standard InChI is InChI=1S/C16H8FNO2S/c17-11-2-1-9-5-12(16(19)20-13(9)7-11)15-6-10-8-18-4-3-14(10)21-15/h1-8H. The average molecular weight is 297 g/mol. The second-order valence-corrected chi connectivity index (χ2v) is 5.74. The Labute approximate surface area is 122 Å². The molecule has 0 bridgehead atoms. The smallest absolute Gasteiger partial charge is 0.345 e. The number of halogens is 1. The zero-order valence-electron chi connectivity index (χ0n) is 10.7. The number of benzene rings is 1. The lowest BCUT2D eigenvalue weighted by molar-refractivity contribution is 0.556. The van der Waals surface area contributed by atoms with Gasteiger partial charge in [0.1, 0.15) is 11.4 Å². The molecule has 0 aliphatic heterocycles. The predicted molar refractivity (Wildman–Crippen MR) is 81.1 cm³/mol. The largest absolute Gasteiger partial charge is 0.422 e. The number of nitrogens with zero attached hydrogens (tertiary/aromatic N) is 1. The summed E-state index contributed by atoms with van der Waals surface area (Å²) < 4.78 is 19.4. The topological polar surface area (TPSA) is 43.1 Å². The molecular formula is C16H8FNO2S. The van der Waals surface area contributed by atoms with Crippen molar-refractivity contribution >= 4 is 32.4 Å². The predicted octanol–water partition coefficient (Wildman–Crippen LogP) is 4.21. The Bertz CT molecular complexity index is 1000. The van der Waals surface area contributed by atoms with Gasteiger partial charge in [0.15, 0.2) is 0 Å². The van der Waals surface area contributed by atoms with Crippen LogP contribution < -0.4 is 5.63 Å². The highest BCUT2D eigenvalue weighted by atomic mass is 32.1. The van der Waals surface area contributed by atoms with E-state index in [9.17, 15) is 9.18 Å². The zero-order chi connectivity index (χ0) is 14.4. The van der Waals surface area contributed by atoms with Gasteiger partial charge in [-0.15, -0.1) is 11.3 Å². The van der Waals surface area contributed by atoms with Crippen LogP contribution in [0, 0.1) is 5.82 Å². The van der Waals surface area contributed by atoms with Crippen LogP contribution in [0.15, 0.2) is 58.0 Å². The van der Waals surface area contributed by atoms with Crippen molar-refractivity contribution in [2.45, 2.75) is 0 Å². The number of aromatic nitrogens is 1. The minimum Gasteiger partial charge on any atom is -0.422 e. The molecule has 3 heterocycles. The van der Waals surface area contributed by atoms with Crippen molar-refractivity contribution in [1.82, 2.24) is 4.98 Å². The van der Waals surface area contributed by atoms with E-state index in [1.807, 2.05) is 12.1 Å². The maximum Gasteiger partial charge on any atom is 0.345 e. The van der Waals surface area contributed by atoms with Gasteiger partial charge in [-0.3, -0.25) is 4.98 Å². The van der Waals surface area contributed by atoms with Gasteiger partial charge >= 0.3 is 5.63 Å². The fraction of sp³-hybridized carbons (Fsp3) is 0. The number of thiophene rings is 1. The van der Waals surface area contributed by atoms with Crippen molar-refractivity contribution in [1.29, 1.82) is 0 Å².